The maximum absolute atomic E-state index is 14.4. The smallest absolute Gasteiger partial charge is 0.408 e. The number of amides is 5. The van der Waals surface area contributed by atoms with Crippen molar-refractivity contribution < 1.29 is 41.9 Å². The van der Waals surface area contributed by atoms with Crippen molar-refractivity contribution in [3.8, 4) is 5.88 Å². The van der Waals surface area contributed by atoms with Crippen LogP contribution >= 0.6 is 0 Å². The number of benzene rings is 1. The van der Waals surface area contributed by atoms with Crippen LogP contribution in [0.5, 0.6) is 5.88 Å². The first kappa shape index (κ1) is 37.3. The van der Waals surface area contributed by atoms with E-state index in [9.17, 15) is 32.4 Å². The third kappa shape index (κ3) is 8.49. The van der Waals surface area contributed by atoms with Crippen molar-refractivity contribution >= 4 is 50.5 Å². The number of carbonyl (C=O) groups excluding carboxylic acids is 5. The molecule has 0 spiro atoms. The van der Waals surface area contributed by atoms with Crippen molar-refractivity contribution in [1.82, 2.24) is 30.1 Å². The second-order valence-corrected chi connectivity index (χ2v) is 16.1. The van der Waals surface area contributed by atoms with Crippen LogP contribution in [0.15, 0.2) is 61.8 Å². The second kappa shape index (κ2) is 14.3. The van der Waals surface area contributed by atoms with Crippen LogP contribution in [0, 0.1) is 5.92 Å². The van der Waals surface area contributed by atoms with Gasteiger partial charge in [-0.2, -0.15) is 0 Å². The number of alkyl carbamates (subject to hydrolysis) is 1. The van der Waals surface area contributed by atoms with Crippen LogP contribution in [0.25, 0.3) is 10.8 Å². The summed E-state index contributed by atoms with van der Waals surface area (Å²) in [5.74, 6) is -3.15. The molecule has 2 heterocycles. The fraction of sp³-hybridized carbons (Fsp3) is 0.486. The highest BCUT2D eigenvalue weighted by Crippen LogP contribution is 2.45. The monoisotopic (exact) mass is 724 g/mol. The van der Waals surface area contributed by atoms with Crippen LogP contribution < -0.4 is 20.1 Å². The standard InChI is InChI=1S/C35H44N6O9S/c1-7-22-18-35(22,32(45)39-51(47,48)24-13-14-24)38-29(43)27-17-23(49-30-25-12-10-9-11-21(25)15-16-36-30)19-41(27)31(44)26(20-40(6)28(42)8-2)37-33(46)50-34(3,4)5/h7-12,15-16,22-24,26-27H,1-2,13-14,17-20H2,3-6H3,(H,37,46)(H,38,43)(H,39,45)/t22?,23-,26+,27+,35-/m1/s1. The third-order valence-electron chi connectivity index (χ3n) is 9.01. The molecule has 1 aromatic heterocycles. The number of nitrogens with one attached hydrogen (secondary N) is 3. The average molecular weight is 725 g/mol. The topological polar surface area (TPSA) is 193 Å². The van der Waals surface area contributed by atoms with E-state index in [1.807, 2.05) is 30.3 Å². The van der Waals surface area contributed by atoms with Crippen molar-refractivity contribution in [2.45, 2.75) is 81.0 Å². The maximum Gasteiger partial charge on any atom is 0.408 e. The molecule has 3 N–H and O–H groups in total. The van der Waals surface area contributed by atoms with Crippen molar-refractivity contribution in [3.63, 3.8) is 0 Å². The van der Waals surface area contributed by atoms with E-state index in [0.29, 0.717) is 18.2 Å². The van der Waals surface area contributed by atoms with Gasteiger partial charge in [0.1, 0.15) is 29.3 Å². The Bertz CT molecular complexity index is 1850. The number of likely N-dealkylation sites (tertiary alicyclic amines) is 1. The van der Waals surface area contributed by atoms with Gasteiger partial charge in [-0.3, -0.25) is 23.9 Å². The quantitative estimate of drug-likeness (QED) is 0.203. The van der Waals surface area contributed by atoms with E-state index in [1.165, 1.54) is 22.9 Å². The molecular weight excluding hydrogens is 680 g/mol. The number of ether oxygens (including phenoxy) is 2. The van der Waals surface area contributed by atoms with Gasteiger partial charge in [-0.15, -0.1) is 6.58 Å². The lowest BCUT2D eigenvalue weighted by Crippen LogP contribution is -2.60. The lowest BCUT2D eigenvalue weighted by molar-refractivity contribution is -0.141. The number of fused-ring (bicyclic) bond motifs is 1. The lowest BCUT2D eigenvalue weighted by Gasteiger charge is -2.31. The van der Waals surface area contributed by atoms with Crippen LogP contribution in [0.4, 0.5) is 4.79 Å². The van der Waals surface area contributed by atoms with E-state index in [0.717, 1.165) is 11.5 Å². The molecule has 2 aromatic rings. The molecular formula is C35H44N6O9S. The van der Waals surface area contributed by atoms with E-state index in [1.54, 1.807) is 27.0 Å². The Balaban J connectivity index is 1.45. The van der Waals surface area contributed by atoms with Crippen LogP contribution in [0.2, 0.25) is 0 Å². The molecule has 15 nitrogen and oxygen atoms in total. The molecule has 1 unspecified atom stereocenters. The molecule has 5 rings (SSSR count). The summed E-state index contributed by atoms with van der Waals surface area (Å²) in [5.41, 5.74) is -2.51. The summed E-state index contributed by atoms with van der Waals surface area (Å²) < 4.78 is 39.1. The molecule has 5 amide bonds. The lowest BCUT2D eigenvalue weighted by atomic mass is 10.1. The molecule has 16 heteroatoms. The first-order chi connectivity index (χ1) is 24.0. The summed E-state index contributed by atoms with van der Waals surface area (Å²) in [6, 6.07) is 6.61. The fourth-order valence-corrected chi connectivity index (χ4v) is 7.46. The van der Waals surface area contributed by atoms with E-state index in [-0.39, 0.29) is 31.8 Å². The van der Waals surface area contributed by atoms with Crippen molar-refractivity contribution in [1.29, 1.82) is 0 Å². The SMILES string of the molecule is C=CC(=O)N(C)C[C@H](NC(=O)OC(C)(C)C)C(=O)N1C[C@H](Oc2nccc3ccccc23)C[C@H]1C(=O)N[C@]1(C(=O)NS(=O)(=O)C2CC2)CC1C=C. The van der Waals surface area contributed by atoms with Crippen molar-refractivity contribution in [3.05, 3.63) is 61.8 Å². The first-order valence-electron chi connectivity index (χ1n) is 16.7. The van der Waals surface area contributed by atoms with Crippen molar-refractivity contribution in [2.24, 2.45) is 5.92 Å². The summed E-state index contributed by atoms with van der Waals surface area (Å²) in [5, 5.41) is 6.16. The number of sulfonamides is 1. The number of pyridine rings is 1. The van der Waals surface area contributed by atoms with E-state index in [2.05, 4.69) is 33.5 Å². The van der Waals surface area contributed by atoms with Gasteiger partial charge < -0.3 is 29.9 Å². The Kier molecular flexibility index (Phi) is 10.5. The normalized spacial score (nSPS) is 23.4. The molecule has 0 radical (unpaired) electrons. The Labute approximate surface area is 296 Å². The predicted octanol–water partition coefficient (Wildman–Crippen LogP) is 1.79. The molecule has 0 bridgehead atoms. The molecule has 3 aliphatic rings. The zero-order chi connectivity index (χ0) is 37.3. The highest BCUT2D eigenvalue weighted by atomic mass is 32.2. The highest BCUT2D eigenvalue weighted by molar-refractivity contribution is 7.91. The summed E-state index contributed by atoms with van der Waals surface area (Å²) in [6.45, 7) is 11.7. The molecule has 3 fully saturated rings. The summed E-state index contributed by atoms with van der Waals surface area (Å²) >= 11 is 0. The van der Waals surface area contributed by atoms with Gasteiger partial charge >= 0.3 is 6.09 Å². The Morgan fingerprint density at radius 1 is 1.14 bits per heavy atom. The molecule has 1 aliphatic heterocycles. The Hall–Kier alpha value is -4.99. The average Bonchev–Trinajstić information content (AvgIpc) is 3.99. The maximum atomic E-state index is 14.4. The van der Waals surface area contributed by atoms with E-state index >= 15 is 0 Å². The van der Waals surface area contributed by atoms with E-state index < -0.39 is 80.2 Å². The minimum absolute atomic E-state index is 0.0418. The van der Waals surface area contributed by atoms with Crippen LogP contribution in [-0.4, -0.2) is 108 Å². The molecule has 274 valence electrons. The third-order valence-corrected chi connectivity index (χ3v) is 10.8. The summed E-state index contributed by atoms with van der Waals surface area (Å²) in [6.07, 6.45) is 3.34. The minimum atomic E-state index is -3.93. The van der Waals surface area contributed by atoms with Crippen LogP contribution in [0.3, 0.4) is 0 Å². The number of aromatic nitrogens is 1. The second-order valence-electron chi connectivity index (χ2n) is 14.1. The van der Waals surface area contributed by atoms with Gasteiger partial charge in [-0.25, -0.2) is 18.2 Å². The van der Waals surface area contributed by atoms with Gasteiger partial charge in [-0.1, -0.05) is 30.9 Å². The van der Waals surface area contributed by atoms with Gasteiger partial charge in [0.25, 0.3) is 5.91 Å². The molecule has 5 atom stereocenters. The zero-order valence-electron chi connectivity index (χ0n) is 29.1. The minimum Gasteiger partial charge on any atom is -0.472 e. The molecule has 1 aromatic carbocycles. The number of hydrogen-bond donors (Lipinski definition) is 3. The number of hydrogen-bond acceptors (Lipinski definition) is 10. The molecule has 2 saturated carbocycles. The van der Waals surface area contributed by atoms with Gasteiger partial charge in [-0.05, 0) is 63.6 Å². The number of nitrogens with zero attached hydrogens (tertiary/aromatic N) is 3. The molecule has 2 aliphatic carbocycles. The number of likely N-dealkylation sites (N-methyl/N-ethyl adjacent to an activating group) is 1. The Morgan fingerprint density at radius 2 is 1.84 bits per heavy atom. The van der Waals surface area contributed by atoms with Gasteiger partial charge in [0.15, 0.2) is 0 Å². The summed E-state index contributed by atoms with van der Waals surface area (Å²) in [7, 11) is -2.50. The summed E-state index contributed by atoms with van der Waals surface area (Å²) in [4.78, 5) is 74.1. The van der Waals surface area contributed by atoms with Gasteiger partial charge in [0.05, 0.1) is 18.3 Å². The van der Waals surface area contributed by atoms with Gasteiger partial charge in [0.2, 0.25) is 33.6 Å². The fourth-order valence-electron chi connectivity index (χ4n) is 6.09. The first-order valence-corrected chi connectivity index (χ1v) is 18.2. The Morgan fingerprint density at radius 3 is 2.47 bits per heavy atom. The van der Waals surface area contributed by atoms with Crippen LogP contribution in [0.1, 0.15) is 46.5 Å². The largest absolute Gasteiger partial charge is 0.472 e. The molecule has 51 heavy (non-hydrogen) atoms. The van der Waals surface area contributed by atoms with E-state index in [4.69, 9.17) is 9.47 Å². The van der Waals surface area contributed by atoms with Crippen LogP contribution in [-0.2, 0) is 33.9 Å². The molecule has 1 saturated heterocycles. The zero-order valence-corrected chi connectivity index (χ0v) is 29.9. The van der Waals surface area contributed by atoms with Crippen molar-refractivity contribution in [2.75, 3.05) is 20.1 Å². The number of rotatable bonds is 13. The number of carbonyl (C=O) groups is 5. The highest BCUT2D eigenvalue weighted by Gasteiger charge is 2.62. The van der Waals surface area contributed by atoms with Gasteiger partial charge in [0, 0.05) is 31.0 Å². The predicted molar refractivity (Wildman–Crippen MR) is 187 cm³/mol.